The van der Waals surface area contributed by atoms with E-state index in [1.54, 1.807) is 25.1 Å². The van der Waals surface area contributed by atoms with Gasteiger partial charge < -0.3 is 5.32 Å². The minimum absolute atomic E-state index is 0.0186. The first-order valence-electron chi connectivity index (χ1n) is 7.73. The maximum absolute atomic E-state index is 12.5. The number of carbonyl (C=O) groups excluding carboxylic acids is 1. The highest BCUT2D eigenvalue weighted by molar-refractivity contribution is 7.89. The first kappa shape index (κ1) is 16.6. The van der Waals surface area contributed by atoms with E-state index < -0.39 is 10.0 Å². The Morgan fingerprint density at radius 2 is 1.92 bits per heavy atom. The minimum atomic E-state index is -3.60. The lowest BCUT2D eigenvalue weighted by atomic mass is 10.1. The number of amides is 1. The Bertz CT molecular complexity index is 890. The van der Waals surface area contributed by atoms with Gasteiger partial charge in [0, 0.05) is 17.3 Å². The maximum Gasteiger partial charge on any atom is 0.257 e. The van der Waals surface area contributed by atoms with E-state index in [4.69, 9.17) is 0 Å². The molecule has 0 unspecified atom stereocenters. The lowest BCUT2D eigenvalue weighted by Gasteiger charge is -2.11. The molecule has 6 nitrogen and oxygen atoms in total. The molecule has 2 aromatic rings. The van der Waals surface area contributed by atoms with Gasteiger partial charge in [0.25, 0.3) is 5.91 Å². The van der Waals surface area contributed by atoms with E-state index >= 15 is 0 Å². The van der Waals surface area contributed by atoms with Gasteiger partial charge in [-0.25, -0.2) is 18.1 Å². The molecule has 1 fully saturated rings. The third-order valence-corrected chi connectivity index (χ3v) is 5.31. The van der Waals surface area contributed by atoms with Crippen LogP contribution in [0.2, 0.25) is 0 Å². The molecule has 0 atom stereocenters. The molecule has 1 amide bonds. The zero-order valence-electron chi connectivity index (χ0n) is 13.5. The fourth-order valence-electron chi connectivity index (χ4n) is 2.30. The summed E-state index contributed by atoms with van der Waals surface area (Å²) in [5.41, 5.74) is 1.80. The average Bonchev–Trinajstić information content (AvgIpc) is 3.30. The van der Waals surface area contributed by atoms with Crippen LogP contribution in [-0.4, -0.2) is 25.4 Å². The molecule has 7 heteroatoms. The SMILES string of the molecule is Cc1cccc(NC(=O)c2cc(S(=O)(=O)NC3CC3)ccc2C)n1. The summed E-state index contributed by atoms with van der Waals surface area (Å²) in [4.78, 5) is 16.8. The number of rotatable bonds is 5. The summed E-state index contributed by atoms with van der Waals surface area (Å²) < 4.78 is 27.3. The molecule has 0 bridgehead atoms. The normalized spacial score (nSPS) is 14.4. The van der Waals surface area contributed by atoms with Gasteiger partial charge in [-0.15, -0.1) is 0 Å². The molecule has 1 aliphatic carbocycles. The quantitative estimate of drug-likeness (QED) is 0.871. The van der Waals surface area contributed by atoms with Crippen molar-refractivity contribution in [3.8, 4) is 0 Å². The number of anilines is 1. The maximum atomic E-state index is 12.5. The molecule has 126 valence electrons. The van der Waals surface area contributed by atoms with Crippen molar-refractivity contribution >= 4 is 21.7 Å². The van der Waals surface area contributed by atoms with Gasteiger partial charge in [-0.3, -0.25) is 4.79 Å². The number of hydrogen-bond acceptors (Lipinski definition) is 4. The molecule has 0 aliphatic heterocycles. The number of aryl methyl sites for hydroxylation is 2. The van der Waals surface area contributed by atoms with Gasteiger partial charge in [0.2, 0.25) is 10.0 Å². The Morgan fingerprint density at radius 3 is 2.58 bits per heavy atom. The first-order chi connectivity index (χ1) is 11.3. The monoisotopic (exact) mass is 345 g/mol. The van der Waals surface area contributed by atoms with E-state index in [1.807, 2.05) is 13.0 Å². The predicted molar refractivity (Wildman–Crippen MR) is 91.4 cm³/mol. The van der Waals surface area contributed by atoms with Gasteiger partial charge in [0.1, 0.15) is 5.82 Å². The molecule has 1 aromatic heterocycles. The zero-order chi connectivity index (χ0) is 17.3. The van der Waals surface area contributed by atoms with Gasteiger partial charge in [0.05, 0.1) is 4.90 Å². The second-order valence-corrected chi connectivity index (χ2v) is 7.70. The summed E-state index contributed by atoms with van der Waals surface area (Å²) in [6, 6.07) is 9.90. The summed E-state index contributed by atoms with van der Waals surface area (Å²) >= 11 is 0. The van der Waals surface area contributed by atoms with E-state index in [9.17, 15) is 13.2 Å². The van der Waals surface area contributed by atoms with Gasteiger partial charge in [0.15, 0.2) is 0 Å². The number of sulfonamides is 1. The molecule has 1 aliphatic rings. The van der Waals surface area contributed by atoms with Crippen LogP contribution in [0, 0.1) is 13.8 Å². The molecule has 2 N–H and O–H groups in total. The largest absolute Gasteiger partial charge is 0.307 e. The van der Waals surface area contributed by atoms with Crippen molar-refractivity contribution in [2.24, 2.45) is 0 Å². The fourth-order valence-corrected chi connectivity index (χ4v) is 3.63. The zero-order valence-corrected chi connectivity index (χ0v) is 14.4. The van der Waals surface area contributed by atoms with E-state index in [0.717, 1.165) is 18.5 Å². The Morgan fingerprint density at radius 1 is 1.17 bits per heavy atom. The highest BCUT2D eigenvalue weighted by Gasteiger charge is 2.28. The molecular weight excluding hydrogens is 326 g/mol. The van der Waals surface area contributed by atoms with Crippen LogP contribution in [0.4, 0.5) is 5.82 Å². The molecule has 1 saturated carbocycles. The Kier molecular flexibility index (Phi) is 4.38. The molecular formula is C17H19N3O3S. The lowest BCUT2D eigenvalue weighted by molar-refractivity contribution is 0.102. The Hall–Kier alpha value is -2.25. The number of pyridine rings is 1. The summed E-state index contributed by atoms with van der Waals surface area (Å²) in [6.45, 7) is 3.60. The summed E-state index contributed by atoms with van der Waals surface area (Å²) in [7, 11) is -3.60. The number of hydrogen-bond donors (Lipinski definition) is 2. The third-order valence-electron chi connectivity index (χ3n) is 3.79. The van der Waals surface area contributed by atoms with Crippen LogP contribution in [0.3, 0.4) is 0 Å². The average molecular weight is 345 g/mol. The molecule has 24 heavy (non-hydrogen) atoms. The van der Waals surface area contributed by atoms with E-state index in [2.05, 4.69) is 15.0 Å². The summed E-state index contributed by atoms with van der Waals surface area (Å²) in [5.74, 6) is 0.0536. The second-order valence-electron chi connectivity index (χ2n) is 5.99. The number of benzene rings is 1. The van der Waals surface area contributed by atoms with Crippen LogP contribution in [-0.2, 0) is 10.0 Å². The van der Waals surface area contributed by atoms with Crippen LogP contribution in [0.15, 0.2) is 41.3 Å². The number of nitrogens with one attached hydrogen (secondary N) is 2. The van der Waals surface area contributed by atoms with E-state index in [0.29, 0.717) is 16.9 Å². The molecule has 0 saturated heterocycles. The van der Waals surface area contributed by atoms with Crippen LogP contribution in [0.25, 0.3) is 0 Å². The van der Waals surface area contributed by atoms with Crippen LogP contribution in [0.5, 0.6) is 0 Å². The van der Waals surface area contributed by atoms with Crippen molar-refractivity contribution < 1.29 is 13.2 Å². The molecule has 0 spiro atoms. The lowest BCUT2D eigenvalue weighted by Crippen LogP contribution is -2.26. The van der Waals surface area contributed by atoms with Crippen LogP contribution < -0.4 is 10.0 Å². The standard InChI is InChI=1S/C17H19N3O3S/c1-11-6-9-14(24(22,23)20-13-7-8-13)10-15(11)17(21)19-16-5-3-4-12(2)18-16/h3-6,9-10,13,20H,7-8H2,1-2H3,(H,18,19,21). The summed E-state index contributed by atoms with van der Waals surface area (Å²) in [6.07, 6.45) is 1.72. The highest BCUT2D eigenvalue weighted by Crippen LogP contribution is 2.23. The van der Waals surface area contributed by atoms with Crippen molar-refractivity contribution in [2.45, 2.75) is 37.6 Å². The number of carbonyl (C=O) groups is 1. The van der Waals surface area contributed by atoms with E-state index in [-0.39, 0.29) is 16.8 Å². The van der Waals surface area contributed by atoms with Gasteiger partial charge >= 0.3 is 0 Å². The second kappa shape index (κ2) is 6.33. The summed E-state index contributed by atoms with van der Waals surface area (Å²) in [5, 5.41) is 2.71. The topological polar surface area (TPSA) is 88.2 Å². The fraction of sp³-hybridized carbons (Fsp3) is 0.294. The highest BCUT2D eigenvalue weighted by atomic mass is 32.2. The Balaban J connectivity index is 1.86. The van der Waals surface area contributed by atoms with Gasteiger partial charge in [-0.05, 0) is 56.5 Å². The number of aromatic nitrogens is 1. The van der Waals surface area contributed by atoms with Crippen LogP contribution in [0.1, 0.15) is 34.5 Å². The van der Waals surface area contributed by atoms with Gasteiger partial charge in [-0.2, -0.15) is 0 Å². The predicted octanol–water partition coefficient (Wildman–Crippen LogP) is 2.39. The Labute approximate surface area is 141 Å². The third kappa shape index (κ3) is 3.80. The minimum Gasteiger partial charge on any atom is -0.307 e. The first-order valence-corrected chi connectivity index (χ1v) is 9.21. The van der Waals surface area contributed by atoms with E-state index in [1.165, 1.54) is 12.1 Å². The molecule has 3 rings (SSSR count). The van der Waals surface area contributed by atoms with Crippen molar-refractivity contribution in [3.63, 3.8) is 0 Å². The molecule has 1 aromatic carbocycles. The van der Waals surface area contributed by atoms with Crippen molar-refractivity contribution in [3.05, 3.63) is 53.2 Å². The van der Waals surface area contributed by atoms with Crippen molar-refractivity contribution in [1.29, 1.82) is 0 Å². The molecule has 1 heterocycles. The van der Waals surface area contributed by atoms with Crippen LogP contribution >= 0.6 is 0 Å². The van der Waals surface area contributed by atoms with Crippen molar-refractivity contribution in [2.75, 3.05) is 5.32 Å². The smallest absolute Gasteiger partial charge is 0.257 e. The number of nitrogens with zero attached hydrogens (tertiary/aromatic N) is 1. The van der Waals surface area contributed by atoms with Crippen molar-refractivity contribution in [1.82, 2.24) is 9.71 Å². The molecule has 0 radical (unpaired) electrons. The van der Waals surface area contributed by atoms with Gasteiger partial charge in [-0.1, -0.05) is 12.1 Å².